The molecule has 80 valence electrons. The Morgan fingerprint density at radius 3 is 2.47 bits per heavy atom. The summed E-state index contributed by atoms with van der Waals surface area (Å²) in [6.45, 7) is 1.31. The molecule has 4 nitrogen and oxygen atoms in total. The molecule has 1 aromatic rings. The standard InChI is InChI=1S/C10H9BrO4/c1-5(12)7-2-6(4-9(13)14)3-8(11)10(7)15/h2-3,15H,4H2,1H3,(H,13,14). The molecule has 0 aliphatic carbocycles. The van der Waals surface area contributed by atoms with E-state index in [0.717, 1.165) is 0 Å². The average molecular weight is 273 g/mol. The highest BCUT2D eigenvalue weighted by atomic mass is 79.9. The number of hydrogen-bond donors (Lipinski definition) is 2. The number of phenols is 1. The van der Waals surface area contributed by atoms with Crippen LogP contribution >= 0.6 is 15.9 Å². The van der Waals surface area contributed by atoms with Crippen LogP contribution in [0.15, 0.2) is 16.6 Å². The van der Waals surface area contributed by atoms with Crippen molar-refractivity contribution in [2.75, 3.05) is 0 Å². The molecule has 0 radical (unpaired) electrons. The van der Waals surface area contributed by atoms with Gasteiger partial charge in [0.15, 0.2) is 5.78 Å². The maximum Gasteiger partial charge on any atom is 0.307 e. The largest absolute Gasteiger partial charge is 0.506 e. The van der Waals surface area contributed by atoms with Crippen LogP contribution in [0.25, 0.3) is 0 Å². The second kappa shape index (κ2) is 4.44. The number of ketones is 1. The SMILES string of the molecule is CC(=O)c1cc(CC(=O)O)cc(Br)c1O. The lowest BCUT2D eigenvalue weighted by molar-refractivity contribution is -0.136. The molecule has 0 aromatic heterocycles. The van der Waals surface area contributed by atoms with Gasteiger partial charge < -0.3 is 10.2 Å². The van der Waals surface area contributed by atoms with Crippen LogP contribution in [0.3, 0.4) is 0 Å². The van der Waals surface area contributed by atoms with Crippen LogP contribution < -0.4 is 0 Å². The molecule has 5 heteroatoms. The van der Waals surface area contributed by atoms with Crippen LogP contribution in [0.2, 0.25) is 0 Å². The van der Waals surface area contributed by atoms with E-state index in [9.17, 15) is 14.7 Å². The lowest BCUT2D eigenvalue weighted by Gasteiger charge is -2.06. The third kappa shape index (κ3) is 2.79. The van der Waals surface area contributed by atoms with Gasteiger partial charge in [0.05, 0.1) is 16.5 Å². The lowest BCUT2D eigenvalue weighted by Crippen LogP contribution is -2.02. The molecule has 0 saturated heterocycles. The van der Waals surface area contributed by atoms with Crippen LogP contribution in [0.1, 0.15) is 22.8 Å². The Morgan fingerprint density at radius 1 is 1.40 bits per heavy atom. The van der Waals surface area contributed by atoms with E-state index in [2.05, 4.69) is 15.9 Å². The van der Waals surface area contributed by atoms with E-state index in [-0.39, 0.29) is 23.5 Å². The predicted octanol–water partition coefficient (Wildman–Crippen LogP) is 1.98. The minimum atomic E-state index is -0.984. The van der Waals surface area contributed by atoms with Gasteiger partial charge in [0.2, 0.25) is 0 Å². The summed E-state index contributed by atoms with van der Waals surface area (Å²) in [5.41, 5.74) is 0.595. The van der Waals surface area contributed by atoms with Crippen molar-refractivity contribution in [2.45, 2.75) is 13.3 Å². The summed E-state index contributed by atoms with van der Waals surface area (Å²) in [5.74, 6) is -1.45. The number of carboxylic acids is 1. The summed E-state index contributed by atoms with van der Waals surface area (Å²) in [7, 11) is 0. The average Bonchev–Trinajstić information content (AvgIpc) is 2.09. The van der Waals surface area contributed by atoms with Crippen LogP contribution in [-0.2, 0) is 11.2 Å². The number of aliphatic carboxylic acids is 1. The highest BCUT2D eigenvalue weighted by molar-refractivity contribution is 9.10. The fourth-order valence-electron chi connectivity index (χ4n) is 1.20. The smallest absolute Gasteiger partial charge is 0.307 e. The molecular weight excluding hydrogens is 264 g/mol. The van der Waals surface area contributed by atoms with Crippen molar-refractivity contribution in [1.29, 1.82) is 0 Å². The Morgan fingerprint density at radius 2 is 2.00 bits per heavy atom. The molecule has 0 spiro atoms. The van der Waals surface area contributed by atoms with Gasteiger partial charge in [-0.3, -0.25) is 9.59 Å². The van der Waals surface area contributed by atoms with Crippen LogP contribution in [0.4, 0.5) is 0 Å². The van der Waals surface area contributed by atoms with Crippen LogP contribution in [-0.4, -0.2) is 22.0 Å². The molecule has 1 aromatic carbocycles. The van der Waals surface area contributed by atoms with Crippen LogP contribution in [0, 0.1) is 0 Å². The number of Topliss-reactive ketones (excluding diaryl/α,β-unsaturated/α-hetero) is 1. The fraction of sp³-hybridized carbons (Fsp3) is 0.200. The summed E-state index contributed by atoms with van der Waals surface area (Å²) in [6.07, 6.45) is -0.181. The quantitative estimate of drug-likeness (QED) is 0.826. The number of benzene rings is 1. The molecule has 0 bridgehead atoms. The lowest BCUT2D eigenvalue weighted by atomic mass is 10.0. The van der Waals surface area contributed by atoms with Gasteiger partial charge in [-0.05, 0) is 40.5 Å². The highest BCUT2D eigenvalue weighted by Crippen LogP contribution is 2.29. The van der Waals surface area contributed by atoms with Gasteiger partial charge in [-0.25, -0.2) is 0 Å². The number of rotatable bonds is 3. The van der Waals surface area contributed by atoms with Crippen molar-refractivity contribution in [2.24, 2.45) is 0 Å². The molecule has 0 atom stereocenters. The zero-order valence-electron chi connectivity index (χ0n) is 7.95. The Bertz CT molecular complexity index is 426. The molecule has 0 heterocycles. The van der Waals surface area contributed by atoms with Gasteiger partial charge in [-0.2, -0.15) is 0 Å². The van der Waals surface area contributed by atoms with Crippen molar-refractivity contribution in [3.8, 4) is 5.75 Å². The Kier molecular flexibility index (Phi) is 3.47. The molecule has 0 saturated carbocycles. The molecule has 0 aliphatic heterocycles. The third-order valence-electron chi connectivity index (χ3n) is 1.86. The Labute approximate surface area is 94.7 Å². The second-order valence-corrected chi connectivity index (χ2v) is 3.95. The van der Waals surface area contributed by atoms with Crippen LogP contribution in [0.5, 0.6) is 5.75 Å². The first-order chi connectivity index (χ1) is 6.91. The highest BCUT2D eigenvalue weighted by Gasteiger charge is 2.13. The zero-order chi connectivity index (χ0) is 11.6. The predicted molar refractivity (Wildman–Crippen MR) is 57.2 cm³/mol. The van der Waals surface area contributed by atoms with Gasteiger partial charge in [0.1, 0.15) is 5.75 Å². The summed E-state index contributed by atoms with van der Waals surface area (Å²) in [4.78, 5) is 21.6. The van der Waals surface area contributed by atoms with Crippen molar-refractivity contribution in [1.82, 2.24) is 0 Å². The molecule has 15 heavy (non-hydrogen) atoms. The maximum absolute atomic E-state index is 11.1. The summed E-state index contributed by atoms with van der Waals surface area (Å²) in [5, 5.41) is 18.1. The molecule has 1 rings (SSSR count). The van der Waals surface area contributed by atoms with E-state index in [1.807, 2.05) is 0 Å². The van der Waals surface area contributed by atoms with E-state index in [4.69, 9.17) is 5.11 Å². The van der Waals surface area contributed by atoms with Gasteiger partial charge in [0, 0.05) is 0 Å². The second-order valence-electron chi connectivity index (χ2n) is 3.10. The molecule has 0 fully saturated rings. The van der Waals surface area contributed by atoms with Gasteiger partial charge >= 0.3 is 5.97 Å². The van der Waals surface area contributed by atoms with Gasteiger partial charge in [-0.1, -0.05) is 0 Å². The van der Waals surface area contributed by atoms with Crippen molar-refractivity contribution in [3.05, 3.63) is 27.7 Å². The maximum atomic E-state index is 11.1. The number of phenolic OH excluding ortho intramolecular Hbond substituents is 1. The zero-order valence-corrected chi connectivity index (χ0v) is 9.54. The molecular formula is C10H9BrO4. The first-order valence-electron chi connectivity index (χ1n) is 4.16. The number of carbonyl (C=O) groups excluding carboxylic acids is 1. The van der Waals surface area contributed by atoms with E-state index in [1.54, 1.807) is 0 Å². The Hall–Kier alpha value is -1.36. The first-order valence-corrected chi connectivity index (χ1v) is 4.95. The molecule has 0 aliphatic rings. The van der Waals surface area contributed by atoms with E-state index in [0.29, 0.717) is 10.0 Å². The third-order valence-corrected chi connectivity index (χ3v) is 2.46. The number of carbonyl (C=O) groups is 2. The number of carboxylic acid groups (broad SMARTS) is 1. The summed E-state index contributed by atoms with van der Waals surface area (Å²) < 4.78 is 0.325. The normalized spacial score (nSPS) is 10.0. The topological polar surface area (TPSA) is 74.6 Å². The molecule has 2 N–H and O–H groups in total. The van der Waals surface area contributed by atoms with Crippen molar-refractivity contribution >= 4 is 27.7 Å². The first kappa shape index (κ1) is 11.7. The van der Waals surface area contributed by atoms with E-state index in [1.165, 1.54) is 19.1 Å². The fourth-order valence-corrected chi connectivity index (χ4v) is 1.71. The van der Waals surface area contributed by atoms with Gasteiger partial charge in [0.25, 0.3) is 0 Å². The number of hydrogen-bond acceptors (Lipinski definition) is 3. The van der Waals surface area contributed by atoms with E-state index >= 15 is 0 Å². The number of halogens is 1. The minimum Gasteiger partial charge on any atom is -0.506 e. The monoisotopic (exact) mass is 272 g/mol. The molecule has 0 unspecified atom stereocenters. The summed E-state index contributed by atoms with van der Waals surface area (Å²) in [6, 6.07) is 2.87. The summed E-state index contributed by atoms with van der Waals surface area (Å²) >= 11 is 3.06. The van der Waals surface area contributed by atoms with Gasteiger partial charge in [-0.15, -0.1) is 0 Å². The minimum absolute atomic E-state index is 0.126. The Balaban J connectivity index is 3.23. The van der Waals surface area contributed by atoms with Crippen molar-refractivity contribution < 1.29 is 19.8 Å². The van der Waals surface area contributed by atoms with Crippen molar-refractivity contribution in [3.63, 3.8) is 0 Å². The molecule has 0 amide bonds. The number of aromatic hydroxyl groups is 1. The van der Waals surface area contributed by atoms with E-state index < -0.39 is 5.97 Å².